The van der Waals surface area contributed by atoms with Crippen LogP contribution in [0.3, 0.4) is 0 Å². The molecule has 3 heterocycles. The van der Waals surface area contributed by atoms with Gasteiger partial charge in [0, 0.05) is 51.0 Å². The molecule has 0 atom stereocenters. The molecule has 14 heteroatoms. The van der Waals surface area contributed by atoms with E-state index in [-0.39, 0.29) is 17.1 Å². The summed E-state index contributed by atoms with van der Waals surface area (Å²) in [5.41, 5.74) is -1.35. The Bertz CT molecular complexity index is 1010. The molecule has 0 aliphatic carbocycles. The Labute approximate surface area is 177 Å². The highest BCUT2D eigenvalue weighted by Gasteiger charge is 2.40. The number of benzene rings is 1. The van der Waals surface area contributed by atoms with Gasteiger partial charge < -0.3 is 10.2 Å². The first-order chi connectivity index (χ1) is 14.7. The summed E-state index contributed by atoms with van der Waals surface area (Å²) < 4.78 is 65.4. The molecular formula is C17H23F3N8O2S. The van der Waals surface area contributed by atoms with Crippen molar-refractivity contribution in [1.29, 1.82) is 0 Å². The van der Waals surface area contributed by atoms with Crippen molar-refractivity contribution in [3.8, 4) is 11.4 Å². The van der Waals surface area contributed by atoms with Crippen LogP contribution in [-0.2, 0) is 16.2 Å². The van der Waals surface area contributed by atoms with E-state index in [1.807, 2.05) is 4.90 Å². The standard InChI is InChI=1S/C17H23F3N8O2S/c18-17(19,20)12-1-2-13(14(15(12)31(21,29)30)16-23-25-26-24-16)28-7-3-11(4-8-28)27-9-5-22-6-10-27/h1-2,11,22H,3-10H2,(H2,21,29,30)(H,23,24,25,26). The fourth-order valence-corrected chi connectivity index (χ4v) is 5.33. The highest BCUT2D eigenvalue weighted by molar-refractivity contribution is 7.89. The molecular weight excluding hydrogens is 437 g/mol. The number of halogens is 3. The Balaban J connectivity index is 1.73. The lowest BCUT2D eigenvalue weighted by atomic mass is 9.99. The maximum atomic E-state index is 13.6. The molecule has 4 N–H and O–H groups in total. The Morgan fingerprint density at radius 2 is 1.77 bits per heavy atom. The summed E-state index contributed by atoms with van der Waals surface area (Å²) >= 11 is 0. The van der Waals surface area contributed by atoms with Gasteiger partial charge in [0.15, 0.2) is 0 Å². The summed E-state index contributed by atoms with van der Waals surface area (Å²) in [5, 5.41) is 21.6. The third-order valence-corrected chi connectivity index (χ3v) is 6.76. The number of alkyl halides is 3. The maximum Gasteiger partial charge on any atom is 0.417 e. The second-order valence-corrected chi connectivity index (χ2v) is 9.12. The van der Waals surface area contributed by atoms with Crippen LogP contribution in [0.4, 0.5) is 18.9 Å². The molecule has 2 fully saturated rings. The molecule has 1 aromatic carbocycles. The van der Waals surface area contributed by atoms with Gasteiger partial charge in [-0.3, -0.25) is 4.90 Å². The number of nitrogens with two attached hydrogens (primary N) is 1. The second-order valence-electron chi connectivity index (χ2n) is 7.62. The van der Waals surface area contributed by atoms with Gasteiger partial charge in [0.25, 0.3) is 0 Å². The van der Waals surface area contributed by atoms with Gasteiger partial charge in [-0.1, -0.05) is 0 Å². The summed E-state index contributed by atoms with van der Waals surface area (Å²) in [5.74, 6) is -0.255. The number of hydrogen-bond donors (Lipinski definition) is 3. The van der Waals surface area contributed by atoms with Crippen molar-refractivity contribution in [2.24, 2.45) is 5.14 Å². The van der Waals surface area contributed by atoms with E-state index < -0.39 is 26.7 Å². The molecule has 2 aliphatic rings. The van der Waals surface area contributed by atoms with E-state index in [2.05, 4.69) is 30.8 Å². The predicted octanol–water partition coefficient (Wildman–Crippen LogP) is 0.407. The normalized spacial score (nSPS) is 19.7. The van der Waals surface area contributed by atoms with Crippen LogP contribution in [0.1, 0.15) is 18.4 Å². The number of nitrogens with zero attached hydrogens (tertiary/aromatic N) is 5. The van der Waals surface area contributed by atoms with Crippen molar-refractivity contribution in [2.45, 2.75) is 30.0 Å². The van der Waals surface area contributed by atoms with E-state index in [0.717, 1.165) is 45.1 Å². The lowest BCUT2D eigenvalue weighted by molar-refractivity contribution is -0.139. The van der Waals surface area contributed by atoms with Crippen molar-refractivity contribution >= 4 is 15.7 Å². The molecule has 0 spiro atoms. The van der Waals surface area contributed by atoms with E-state index in [0.29, 0.717) is 19.1 Å². The van der Waals surface area contributed by atoms with Gasteiger partial charge in [-0.15, -0.1) is 10.2 Å². The number of piperazine rings is 1. The van der Waals surface area contributed by atoms with Gasteiger partial charge in [0.05, 0.1) is 11.1 Å². The molecule has 0 saturated carbocycles. The number of sulfonamides is 1. The molecule has 170 valence electrons. The van der Waals surface area contributed by atoms with E-state index in [9.17, 15) is 21.6 Å². The van der Waals surface area contributed by atoms with E-state index in [1.54, 1.807) is 0 Å². The molecule has 4 rings (SSSR count). The summed E-state index contributed by atoms with van der Waals surface area (Å²) in [6.07, 6.45) is -3.32. The number of H-pyrrole nitrogens is 1. The van der Waals surface area contributed by atoms with E-state index in [1.165, 1.54) is 6.07 Å². The van der Waals surface area contributed by atoms with E-state index >= 15 is 0 Å². The third kappa shape index (κ3) is 4.51. The molecule has 31 heavy (non-hydrogen) atoms. The van der Waals surface area contributed by atoms with Crippen molar-refractivity contribution < 1.29 is 21.6 Å². The SMILES string of the molecule is NS(=O)(=O)c1c(C(F)(F)F)ccc(N2CCC(N3CCNCC3)CC2)c1-c1nn[nH]n1. The Morgan fingerprint density at radius 3 is 2.32 bits per heavy atom. The molecule has 2 aliphatic heterocycles. The number of hydrogen-bond acceptors (Lipinski definition) is 8. The zero-order valence-electron chi connectivity index (χ0n) is 16.6. The van der Waals surface area contributed by atoms with Crippen molar-refractivity contribution in [2.75, 3.05) is 44.2 Å². The smallest absolute Gasteiger partial charge is 0.371 e. The third-order valence-electron chi connectivity index (χ3n) is 5.77. The minimum atomic E-state index is -4.92. The van der Waals surface area contributed by atoms with Crippen LogP contribution in [-0.4, -0.2) is 79.3 Å². The maximum absolute atomic E-state index is 13.6. The fraction of sp³-hybridized carbons (Fsp3) is 0.588. The van der Waals surface area contributed by atoms with Crippen molar-refractivity contribution in [3.63, 3.8) is 0 Å². The first-order valence-electron chi connectivity index (χ1n) is 9.87. The summed E-state index contributed by atoms with van der Waals surface area (Å²) in [6, 6.07) is 2.38. The first-order valence-corrected chi connectivity index (χ1v) is 11.4. The molecule has 0 unspecified atom stereocenters. The van der Waals surface area contributed by atoms with Gasteiger partial charge in [-0.05, 0) is 30.2 Å². The number of aromatic nitrogens is 4. The highest BCUT2D eigenvalue weighted by atomic mass is 32.2. The molecule has 0 radical (unpaired) electrons. The second kappa shape index (κ2) is 8.33. The zero-order chi connectivity index (χ0) is 22.2. The van der Waals surface area contributed by atoms with Crippen LogP contribution in [0.15, 0.2) is 17.0 Å². The number of tetrazole rings is 1. The fourth-order valence-electron chi connectivity index (χ4n) is 4.36. The Hall–Kier alpha value is -2.29. The minimum Gasteiger partial charge on any atom is -0.371 e. The lowest BCUT2D eigenvalue weighted by Crippen LogP contribution is -2.52. The lowest BCUT2D eigenvalue weighted by Gasteiger charge is -2.41. The van der Waals surface area contributed by atoms with Crippen LogP contribution < -0.4 is 15.4 Å². The highest BCUT2D eigenvalue weighted by Crippen LogP contribution is 2.43. The van der Waals surface area contributed by atoms with Gasteiger partial charge in [0.2, 0.25) is 15.8 Å². The van der Waals surface area contributed by atoms with Gasteiger partial charge >= 0.3 is 6.18 Å². The largest absolute Gasteiger partial charge is 0.417 e. The topological polar surface area (TPSA) is 133 Å². The van der Waals surface area contributed by atoms with Crippen LogP contribution in [0.5, 0.6) is 0 Å². The minimum absolute atomic E-state index is 0.255. The van der Waals surface area contributed by atoms with Gasteiger partial charge in [0.1, 0.15) is 4.90 Å². The van der Waals surface area contributed by atoms with Crippen LogP contribution >= 0.6 is 0 Å². The average molecular weight is 460 g/mol. The quantitative estimate of drug-likeness (QED) is 0.598. The number of piperidine rings is 1. The van der Waals surface area contributed by atoms with Crippen LogP contribution in [0, 0.1) is 0 Å². The molecule has 10 nitrogen and oxygen atoms in total. The molecule has 0 amide bonds. The van der Waals surface area contributed by atoms with Crippen molar-refractivity contribution in [1.82, 2.24) is 30.8 Å². The predicted molar refractivity (Wildman–Crippen MR) is 106 cm³/mol. The average Bonchev–Trinajstić information content (AvgIpc) is 3.27. The molecule has 2 aromatic rings. The van der Waals surface area contributed by atoms with Crippen LogP contribution in [0.25, 0.3) is 11.4 Å². The Morgan fingerprint density at radius 1 is 1.10 bits per heavy atom. The summed E-state index contributed by atoms with van der Waals surface area (Å²) in [7, 11) is -4.75. The summed E-state index contributed by atoms with van der Waals surface area (Å²) in [6.45, 7) is 4.87. The number of anilines is 1. The number of primary sulfonamides is 1. The van der Waals surface area contributed by atoms with Gasteiger partial charge in [-0.25, -0.2) is 13.6 Å². The molecule has 0 bridgehead atoms. The van der Waals surface area contributed by atoms with Crippen molar-refractivity contribution in [3.05, 3.63) is 17.7 Å². The van der Waals surface area contributed by atoms with E-state index in [4.69, 9.17) is 5.14 Å². The molecule has 1 aromatic heterocycles. The number of nitrogens with one attached hydrogen (secondary N) is 2. The zero-order valence-corrected chi connectivity index (χ0v) is 17.4. The number of aromatic amines is 1. The Kier molecular flexibility index (Phi) is 5.89. The van der Waals surface area contributed by atoms with Crippen LogP contribution in [0.2, 0.25) is 0 Å². The van der Waals surface area contributed by atoms with Gasteiger partial charge in [-0.2, -0.15) is 18.4 Å². The number of rotatable bonds is 4. The monoisotopic (exact) mass is 460 g/mol. The molecule has 2 saturated heterocycles. The first kappa shape index (κ1) is 21.9. The summed E-state index contributed by atoms with van der Waals surface area (Å²) in [4.78, 5) is 3.23.